The van der Waals surface area contributed by atoms with Crippen LogP contribution in [0.5, 0.6) is 0 Å². The van der Waals surface area contributed by atoms with Gasteiger partial charge in [-0.1, -0.05) is 13.3 Å². The van der Waals surface area contributed by atoms with Crippen LogP contribution in [0.4, 0.5) is 0 Å². The van der Waals surface area contributed by atoms with Crippen LogP contribution in [0.15, 0.2) is 0 Å². The topological polar surface area (TPSA) is 98.1 Å². The van der Waals surface area contributed by atoms with Crippen LogP contribution >= 0.6 is 0 Å². The van der Waals surface area contributed by atoms with Crippen molar-refractivity contribution in [2.75, 3.05) is 13.1 Å². The Balaban J connectivity index is 2.07. The summed E-state index contributed by atoms with van der Waals surface area (Å²) in [7, 11) is 0. The Morgan fingerprint density at radius 1 is 1.11 bits per heavy atom. The van der Waals surface area contributed by atoms with E-state index in [-0.39, 0.29) is 24.9 Å². The second kappa shape index (κ2) is 5.46. The van der Waals surface area contributed by atoms with Gasteiger partial charge in [0.05, 0.1) is 24.0 Å². The summed E-state index contributed by atoms with van der Waals surface area (Å²) in [4.78, 5) is 25.0. The number of hydrogen-bond acceptors (Lipinski definition) is 4. The third-order valence-electron chi connectivity index (χ3n) is 4.44. The molecule has 0 spiro atoms. The van der Waals surface area contributed by atoms with Crippen LogP contribution in [-0.4, -0.2) is 57.4 Å². The van der Waals surface area contributed by atoms with Gasteiger partial charge in [0.2, 0.25) is 5.91 Å². The zero-order valence-electron chi connectivity index (χ0n) is 11.0. The predicted molar refractivity (Wildman–Crippen MR) is 66.2 cm³/mol. The summed E-state index contributed by atoms with van der Waals surface area (Å²) in [6.07, 6.45) is 0.167. The van der Waals surface area contributed by atoms with Crippen molar-refractivity contribution in [3.8, 4) is 0 Å². The summed E-state index contributed by atoms with van der Waals surface area (Å²) in [6.45, 7) is 2.19. The Kier molecular flexibility index (Phi) is 4.10. The van der Waals surface area contributed by atoms with Gasteiger partial charge in [0.1, 0.15) is 0 Å². The molecule has 6 heteroatoms. The number of aliphatic hydroxyl groups excluding tert-OH is 2. The normalized spacial score (nSPS) is 38.7. The summed E-state index contributed by atoms with van der Waals surface area (Å²) < 4.78 is 0. The summed E-state index contributed by atoms with van der Waals surface area (Å²) in [6, 6.07) is 0. The summed E-state index contributed by atoms with van der Waals surface area (Å²) >= 11 is 0. The van der Waals surface area contributed by atoms with Gasteiger partial charge in [-0.15, -0.1) is 0 Å². The lowest BCUT2D eigenvalue weighted by molar-refractivity contribution is -0.148. The van der Waals surface area contributed by atoms with E-state index in [0.717, 1.165) is 6.42 Å². The summed E-state index contributed by atoms with van der Waals surface area (Å²) in [5.41, 5.74) is 0. The van der Waals surface area contributed by atoms with Gasteiger partial charge in [0.15, 0.2) is 0 Å². The quantitative estimate of drug-likeness (QED) is 0.654. The second-order valence-electron chi connectivity index (χ2n) is 5.67. The second-order valence-corrected chi connectivity index (χ2v) is 5.67. The first kappa shape index (κ1) is 14.3. The number of hydrogen-bond donors (Lipinski definition) is 3. The molecule has 0 aromatic carbocycles. The van der Waals surface area contributed by atoms with Crippen molar-refractivity contribution in [1.29, 1.82) is 0 Å². The van der Waals surface area contributed by atoms with Crippen LogP contribution < -0.4 is 0 Å². The fraction of sp³-hybridized carbons (Fsp3) is 0.846. The first-order valence-corrected chi connectivity index (χ1v) is 6.81. The average molecular weight is 271 g/mol. The Morgan fingerprint density at radius 2 is 1.63 bits per heavy atom. The van der Waals surface area contributed by atoms with E-state index in [1.54, 1.807) is 0 Å². The molecule has 2 fully saturated rings. The number of likely N-dealkylation sites (tertiary alicyclic amines) is 1. The molecule has 1 heterocycles. The molecule has 3 N–H and O–H groups in total. The fourth-order valence-corrected chi connectivity index (χ4v) is 3.21. The maximum Gasteiger partial charge on any atom is 0.307 e. The number of rotatable bonds is 3. The predicted octanol–water partition coefficient (Wildman–Crippen LogP) is -0.313. The molecule has 1 saturated heterocycles. The highest BCUT2D eigenvalue weighted by molar-refractivity contribution is 5.85. The maximum absolute atomic E-state index is 12.4. The van der Waals surface area contributed by atoms with Crippen LogP contribution in [0, 0.1) is 17.8 Å². The highest BCUT2D eigenvalue weighted by Gasteiger charge is 2.45. The Morgan fingerprint density at radius 3 is 2.11 bits per heavy atom. The van der Waals surface area contributed by atoms with Crippen molar-refractivity contribution in [2.24, 2.45) is 17.8 Å². The largest absolute Gasteiger partial charge is 0.481 e. The number of β-amino-alcohol motifs (C(OH)–C–C–N with tert-alkyl or cyclic N) is 2. The first-order chi connectivity index (χ1) is 8.93. The SMILES string of the molecule is CCC1CC(C(=O)O)C(C(=O)N2C[C@@H](O)[C@@H](O)C2)C1. The number of carboxylic acid groups (broad SMARTS) is 1. The minimum Gasteiger partial charge on any atom is -0.481 e. The number of carbonyl (C=O) groups excluding carboxylic acids is 1. The Labute approximate surface area is 112 Å². The standard InChI is InChI=1S/C13H21NO5/c1-2-7-3-8(9(4-7)13(18)19)12(17)14-5-10(15)11(16)6-14/h7-11,15-16H,2-6H2,1H3,(H,18,19)/t7?,8?,9?,10-,11+. The van der Waals surface area contributed by atoms with Crippen molar-refractivity contribution in [2.45, 2.75) is 38.4 Å². The van der Waals surface area contributed by atoms with Gasteiger partial charge >= 0.3 is 5.97 Å². The molecule has 1 aliphatic heterocycles. The molecular weight excluding hydrogens is 250 g/mol. The van der Waals surface area contributed by atoms with Crippen molar-refractivity contribution in [1.82, 2.24) is 4.90 Å². The molecule has 3 unspecified atom stereocenters. The van der Waals surface area contributed by atoms with Gasteiger partial charge < -0.3 is 20.2 Å². The van der Waals surface area contributed by atoms with Crippen LogP contribution in [0.2, 0.25) is 0 Å². The van der Waals surface area contributed by atoms with Crippen molar-refractivity contribution < 1.29 is 24.9 Å². The van der Waals surface area contributed by atoms with Gasteiger partial charge in [0, 0.05) is 13.1 Å². The smallest absolute Gasteiger partial charge is 0.307 e. The molecule has 2 rings (SSSR count). The zero-order chi connectivity index (χ0) is 14.2. The third kappa shape index (κ3) is 2.74. The maximum atomic E-state index is 12.4. The van der Waals surface area contributed by atoms with E-state index in [2.05, 4.69) is 0 Å². The molecule has 0 aromatic rings. The van der Waals surface area contributed by atoms with E-state index in [1.807, 2.05) is 6.92 Å². The van der Waals surface area contributed by atoms with Crippen LogP contribution in [0.25, 0.3) is 0 Å². The highest BCUT2D eigenvalue weighted by atomic mass is 16.4. The lowest BCUT2D eigenvalue weighted by atomic mass is 9.95. The van der Waals surface area contributed by atoms with E-state index in [1.165, 1.54) is 4.90 Å². The molecule has 1 amide bonds. The molecule has 0 aromatic heterocycles. The highest BCUT2D eigenvalue weighted by Crippen LogP contribution is 2.39. The Bertz CT molecular complexity index is 362. The van der Waals surface area contributed by atoms with E-state index in [4.69, 9.17) is 0 Å². The number of carbonyl (C=O) groups is 2. The monoisotopic (exact) mass is 271 g/mol. The molecule has 108 valence electrons. The minimum absolute atomic E-state index is 0.0969. The molecule has 2 aliphatic rings. The summed E-state index contributed by atoms with van der Waals surface area (Å²) in [5.74, 6) is -2.03. The van der Waals surface area contributed by atoms with Gasteiger partial charge in [-0.05, 0) is 18.8 Å². The molecule has 0 bridgehead atoms. The number of aliphatic carboxylic acids is 1. The molecular formula is C13H21NO5. The molecule has 1 aliphatic carbocycles. The molecule has 1 saturated carbocycles. The van der Waals surface area contributed by atoms with Crippen LogP contribution in [-0.2, 0) is 9.59 Å². The van der Waals surface area contributed by atoms with Gasteiger partial charge in [0.25, 0.3) is 0 Å². The zero-order valence-corrected chi connectivity index (χ0v) is 11.0. The Hall–Kier alpha value is -1.14. The number of nitrogens with zero attached hydrogens (tertiary/aromatic N) is 1. The number of amides is 1. The molecule has 0 radical (unpaired) electrons. The van der Waals surface area contributed by atoms with E-state index in [9.17, 15) is 24.9 Å². The molecule has 19 heavy (non-hydrogen) atoms. The van der Waals surface area contributed by atoms with E-state index >= 15 is 0 Å². The van der Waals surface area contributed by atoms with Crippen molar-refractivity contribution >= 4 is 11.9 Å². The van der Waals surface area contributed by atoms with Crippen LogP contribution in [0.1, 0.15) is 26.2 Å². The molecule has 5 atom stereocenters. The average Bonchev–Trinajstić information content (AvgIpc) is 2.93. The van der Waals surface area contributed by atoms with E-state index in [0.29, 0.717) is 12.8 Å². The van der Waals surface area contributed by atoms with Gasteiger partial charge in [-0.2, -0.15) is 0 Å². The number of carboxylic acids is 1. The summed E-state index contributed by atoms with van der Waals surface area (Å²) in [5, 5.41) is 28.2. The third-order valence-corrected chi connectivity index (χ3v) is 4.44. The number of aliphatic hydroxyl groups is 2. The lowest BCUT2D eigenvalue weighted by Gasteiger charge is -2.22. The van der Waals surface area contributed by atoms with Gasteiger partial charge in [-0.3, -0.25) is 9.59 Å². The lowest BCUT2D eigenvalue weighted by Crippen LogP contribution is -2.38. The van der Waals surface area contributed by atoms with E-state index < -0.39 is 30.0 Å². The van der Waals surface area contributed by atoms with Crippen LogP contribution in [0.3, 0.4) is 0 Å². The fourth-order valence-electron chi connectivity index (χ4n) is 3.21. The van der Waals surface area contributed by atoms with Crippen molar-refractivity contribution in [3.05, 3.63) is 0 Å². The first-order valence-electron chi connectivity index (χ1n) is 6.81. The minimum atomic E-state index is -0.922. The van der Waals surface area contributed by atoms with Crippen molar-refractivity contribution in [3.63, 3.8) is 0 Å². The van der Waals surface area contributed by atoms with Gasteiger partial charge in [-0.25, -0.2) is 0 Å². The molecule has 6 nitrogen and oxygen atoms in total.